The highest BCUT2D eigenvalue weighted by Crippen LogP contribution is 2.22. The lowest BCUT2D eigenvalue weighted by atomic mass is 10.1. The fourth-order valence-corrected chi connectivity index (χ4v) is 2.62. The summed E-state index contributed by atoms with van der Waals surface area (Å²) in [7, 11) is 0. The Balaban J connectivity index is 2.16. The van der Waals surface area contributed by atoms with E-state index in [0.717, 1.165) is 5.56 Å². The molecular formula is C15H17N3O3S. The molecule has 1 aromatic carbocycles. The molecule has 7 heteroatoms. The molecule has 0 spiro atoms. The molecule has 0 saturated carbocycles. The zero-order chi connectivity index (χ0) is 16.3. The van der Waals surface area contributed by atoms with Gasteiger partial charge >= 0.3 is 5.97 Å². The Hall–Kier alpha value is -2.41. The Morgan fingerprint density at radius 2 is 2.05 bits per heavy atom. The van der Waals surface area contributed by atoms with Crippen LogP contribution >= 0.6 is 11.3 Å². The van der Waals surface area contributed by atoms with Gasteiger partial charge in [0.2, 0.25) is 0 Å². The number of hydrogen-bond acceptors (Lipinski definition) is 5. The van der Waals surface area contributed by atoms with Crippen LogP contribution in [-0.2, 0) is 0 Å². The summed E-state index contributed by atoms with van der Waals surface area (Å²) in [4.78, 5) is 27.8. The fraction of sp³-hybridized carbons (Fsp3) is 0.267. The second kappa shape index (κ2) is 6.57. The van der Waals surface area contributed by atoms with E-state index in [-0.39, 0.29) is 17.5 Å². The van der Waals surface area contributed by atoms with Gasteiger partial charge in [0.15, 0.2) is 5.13 Å². The van der Waals surface area contributed by atoms with Gasteiger partial charge in [-0.1, -0.05) is 17.4 Å². The first-order valence-electron chi connectivity index (χ1n) is 6.74. The van der Waals surface area contributed by atoms with Crippen molar-refractivity contribution < 1.29 is 14.7 Å². The molecule has 3 N–H and O–H groups in total. The Morgan fingerprint density at radius 3 is 2.68 bits per heavy atom. The second-order valence-electron chi connectivity index (χ2n) is 5.12. The average molecular weight is 319 g/mol. The van der Waals surface area contributed by atoms with Crippen molar-refractivity contribution in [3.63, 3.8) is 0 Å². The lowest BCUT2D eigenvalue weighted by Gasteiger charge is -2.08. The molecule has 0 aliphatic rings. The third-order valence-corrected chi connectivity index (χ3v) is 3.80. The first kappa shape index (κ1) is 16.0. The van der Waals surface area contributed by atoms with Crippen molar-refractivity contribution in [1.29, 1.82) is 0 Å². The van der Waals surface area contributed by atoms with Crippen molar-refractivity contribution in [2.75, 3.05) is 10.6 Å². The molecule has 2 aromatic rings. The fourth-order valence-electron chi connectivity index (χ4n) is 1.77. The summed E-state index contributed by atoms with van der Waals surface area (Å²) >= 11 is 1.25. The molecule has 2 rings (SSSR count). The van der Waals surface area contributed by atoms with Crippen molar-refractivity contribution in [1.82, 2.24) is 4.98 Å². The van der Waals surface area contributed by atoms with Crippen LogP contribution < -0.4 is 10.6 Å². The van der Waals surface area contributed by atoms with E-state index < -0.39 is 5.97 Å². The largest absolute Gasteiger partial charge is 0.478 e. The number of nitrogens with zero attached hydrogens (tertiary/aromatic N) is 1. The third kappa shape index (κ3) is 3.82. The van der Waals surface area contributed by atoms with Crippen LogP contribution in [0.1, 0.15) is 39.4 Å². The maximum atomic E-state index is 12.2. The molecule has 1 heterocycles. The maximum Gasteiger partial charge on any atom is 0.335 e. The van der Waals surface area contributed by atoms with E-state index in [1.54, 1.807) is 13.0 Å². The van der Waals surface area contributed by atoms with Crippen molar-refractivity contribution >= 4 is 34.0 Å². The van der Waals surface area contributed by atoms with E-state index in [1.165, 1.54) is 29.7 Å². The first-order chi connectivity index (χ1) is 10.4. The summed E-state index contributed by atoms with van der Waals surface area (Å²) in [6, 6.07) is 4.85. The first-order valence-corrected chi connectivity index (χ1v) is 7.56. The second-order valence-corrected chi connectivity index (χ2v) is 6.15. The van der Waals surface area contributed by atoms with E-state index in [2.05, 4.69) is 15.6 Å². The van der Waals surface area contributed by atoms with E-state index in [0.29, 0.717) is 15.7 Å². The van der Waals surface area contributed by atoms with Crippen LogP contribution in [0.4, 0.5) is 10.8 Å². The summed E-state index contributed by atoms with van der Waals surface area (Å²) < 4.78 is 0. The predicted molar refractivity (Wildman–Crippen MR) is 87.0 cm³/mol. The van der Waals surface area contributed by atoms with Crippen LogP contribution in [-0.4, -0.2) is 28.0 Å². The number of aromatic carboxylic acids is 1. The van der Waals surface area contributed by atoms with Crippen molar-refractivity contribution in [3.8, 4) is 0 Å². The highest BCUT2D eigenvalue weighted by atomic mass is 32.1. The van der Waals surface area contributed by atoms with E-state index in [4.69, 9.17) is 5.11 Å². The van der Waals surface area contributed by atoms with Gasteiger partial charge in [-0.2, -0.15) is 0 Å². The van der Waals surface area contributed by atoms with Crippen LogP contribution in [0, 0.1) is 6.92 Å². The highest BCUT2D eigenvalue weighted by Gasteiger charge is 2.14. The number of carboxylic acid groups (broad SMARTS) is 1. The maximum absolute atomic E-state index is 12.2. The standard InChI is InChI=1S/C15H17N3O3S/c1-8(2)17-15-16-7-12(22-15)13(19)18-11-6-10(14(20)21)5-4-9(11)3/h4-8H,1-3H3,(H,16,17)(H,18,19)(H,20,21). The number of carboxylic acids is 1. The minimum absolute atomic E-state index is 0.132. The highest BCUT2D eigenvalue weighted by molar-refractivity contribution is 7.17. The van der Waals surface area contributed by atoms with E-state index >= 15 is 0 Å². The van der Waals surface area contributed by atoms with Gasteiger partial charge in [0, 0.05) is 11.7 Å². The van der Waals surface area contributed by atoms with Gasteiger partial charge in [0.1, 0.15) is 4.88 Å². The van der Waals surface area contributed by atoms with Crippen LogP contribution in [0.2, 0.25) is 0 Å². The molecule has 0 radical (unpaired) electrons. The van der Waals surface area contributed by atoms with Gasteiger partial charge in [-0.25, -0.2) is 9.78 Å². The van der Waals surface area contributed by atoms with Gasteiger partial charge < -0.3 is 15.7 Å². The number of amides is 1. The molecule has 22 heavy (non-hydrogen) atoms. The summed E-state index contributed by atoms with van der Waals surface area (Å²) in [6.07, 6.45) is 1.50. The Kier molecular flexibility index (Phi) is 4.77. The lowest BCUT2D eigenvalue weighted by molar-refractivity contribution is 0.0696. The molecule has 116 valence electrons. The molecule has 0 aliphatic heterocycles. The molecule has 1 amide bonds. The summed E-state index contributed by atoms with van der Waals surface area (Å²) in [5.74, 6) is -1.34. The molecule has 6 nitrogen and oxygen atoms in total. The minimum Gasteiger partial charge on any atom is -0.478 e. The smallest absolute Gasteiger partial charge is 0.335 e. The molecule has 0 aliphatic carbocycles. The zero-order valence-corrected chi connectivity index (χ0v) is 13.3. The Morgan fingerprint density at radius 1 is 1.32 bits per heavy atom. The molecule has 0 fully saturated rings. The number of anilines is 2. The van der Waals surface area contributed by atoms with Crippen molar-refractivity contribution in [3.05, 3.63) is 40.4 Å². The summed E-state index contributed by atoms with van der Waals surface area (Å²) in [5, 5.41) is 15.5. The topological polar surface area (TPSA) is 91.3 Å². The van der Waals surface area contributed by atoms with Gasteiger partial charge in [-0.05, 0) is 38.5 Å². The van der Waals surface area contributed by atoms with Gasteiger partial charge in [-0.15, -0.1) is 0 Å². The summed E-state index contributed by atoms with van der Waals surface area (Å²) in [6.45, 7) is 5.78. The molecule has 0 atom stereocenters. The third-order valence-electron chi connectivity index (χ3n) is 2.87. The Labute approximate surface area is 132 Å². The number of hydrogen-bond donors (Lipinski definition) is 3. The lowest BCUT2D eigenvalue weighted by Crippen LogP contribution is -2.12. The normalized spacial score (nSPS) is 10.5. The molecule has 0 unspecified atom stereocenters. The molecule has 0 bridgehead atoms. The SMILES string of the molecule is Cc1ccc(C(=O)O)cc1NC(=O)c1cnc(NC(C)C)s1. The average Bonchev–Trinajstić information content (AvgIpc) is 2.88. The van der Waals surface area contributed by atoms with Crippen LogP contribution in [0.3, 0.4) is 0 Å². The predicted octanol–water partition coefficient (Wildman–Crippen LogP) is 3.22. The number of thiazole rings is 1. The number of nitrogens with one attached hydrogen (secondary N) is 2. The minimum atomic E-state index is -1.03. The number of aryl methyl sites for hydroxylation is 1. The summed E-state index contributed by atoms with van der Waals surface area (Å²) in [5.41, 5.74) is 1.41. The number of carbonyl (C=O) groups is 2. The van der Waals surface area contributed by atoms with Crippen molar-refractivity contribution in [2.24, 2.45) is 0 Å². The Bertz CT molecular complexity index is 710. The quantitative estimate of drug-likeness (QED) is 0.787. The van der Waals surface area contributed by atoms with Gasteiger partial charge in [0.05, 0.1) is 11.8 Å². The van der Waals surface area contributed by atoms with E-state index in [9.17, 15) is 9.59 Å². The number of carbonyl (C=O) groups excluding carboxylic acids is 1. The van der Waals surface area contributed by atoms with Crippen LogP contribution in [0.5, 0.6) is 0 Å². The number of aromatic nitrogens is 1. The van der Waals surface area contributed by atoms with E-state index in [1.807, 2.05) is 13.8 Å². The number of benzene rings is 1. The monoisotopic (exact) mass is 319 g/mol. The molecule has 0 saturated heterocycles. The molecular weight excluding hydrogens is 302 g/mol. The molecule has 1 aromatic heterocycles. The van der Waals surface area contributed by atoms with Crippen LogP contribution in [0.25, 0.3) is 0 Å². The van der Waals surface area contributed by atoms with Crippen LogP contribution in [0.15, 0.2) is 24.4 Å². The zero-order valence-electron chi connectivity index (χ0n) is 12.5. The van der Waals surface area contributed by atoms with Gasteiger partial charge in [0.25, 0.3) is 5.91 Å². The van der Waals surface area contributed by atoms with Crippen molar-refractivity contribution in [2.45, 2.75) is 26.8 Å². The van der Waals surface area contributed by atoms with Gasteiger partial charge in [-0.3, -0.25) is 4.79 Å². The number of rotatable bonds is 5.